The summed E-state index contributed by atoms with van der Waals surface area (Å²) >= 11 is 0. The van der Waals surface area contributed by atoms with E-state index in [0.29, 0.717) is 12.1 Å². The first kappa shape index (κ1) is 20.6. The highest BCUT2D eigenvalue weighted by Gasteiger charge is 2.30. The molecule has 2 amide bonds. The highest BCUT2D eigenvalue weighted by Crippen LogP contribution is 2.28. The van der Waals surface area contributed by atoms with Crippen molar-refractivity contribution in [3.8, 4) is 17.1 Å². The standard InChI is InChI=1S/C21H24N6O4/c1-21(2,3)10-26-15-8-14(13-9-23-7-6-12(13)17(22)28)25-27(15)20(31)16(19(26)30)18(29)24-11-4-5-11/h6-9,11,30H,4-5,10H2,1-3H3,(H2,22,28)(H,24,29). The summed E-state index contributed by atoms with van der Waals surface area (Å²) in [6.45, 7) is 6.21. The molecule has 3 aromatic rings. The number of carbonyl (C=O) groups excluding carboxylic acids is 2. The molecule has 31 heavy (non-hydrogen) atoms. The Labute approximate surface area is 177 Å². The number of hydrogen-bond donors (Lipinski definition) is 3. The molecule has 0 atom stereocenters. The van der Waals surface area contributed by atoms with E-state index in [-0.39, 0.29) is 33.9 Å². The van der Waals surface area contributed by atoms with Crippen LogP contribution in [0.4, 0.5) is 0 Å². The van der Waals surface area contributed by atoms with Gasteiger partial charge in [-0.2, -0.15) is 9.61 Å². The zero-order chi connectivity index (χ0) is 22.5. The summed E-state index contributed by atoms with van der Waals surface area (Å²) in [5, 5.41) is 18.0. The lowest BCUT2D eigenvalue weighted by Gasteiger charge is -2.23. The van der Waals surface area contributed by atoms with Gasteiger partial charge in [-0.15, -0.1) is 0 Å². The van der Waals surface area contributed by atoms with E-state index >= 15 is 0 Å². The van der Waals surface area contributed by atoms with Gasteiger partial charge in [0.2, 0.25) is 11.8 Å². The summed E-state index contributed by atoms with van der Waals surface area (Å²) in [4.78, 5) is 41.7. The number of aromatic nitrogens is 4. The van der Waals surface area contributed by atoms with E-state index in [4.69, 9.17) is 5.73 Å². The highest BCUT2D eigenvalue weighted by atomic mass is 16.3. The van der Waals surface area contributed by atoms with E-state index < -0.39 is 23.3 Å². The number of fused-ring (bicyclic) bond motifs is 1. The van der Waals surface area contributed by atoms with Gasteiger partial charge in [-0.25, -0.2) is 0 Å². The maximum atomic E-state index is 13.1. The second-order valence-corrected chi connectivity index (χ2v) is 8.98. The van der Waals surface area contributed by atoms with E-state index in [0.717, 1.165) is 17.4 Å². The van der Waals surface area contributed by atoms with E-state index in [1.807, 2.05) is 20.8 Å². The van der Waals surface area contributed by atoms with Gasteiger partial charge in [0.15, 0.2) is 5.56 Å². The van der Waals surface area contributed by atoms with Crippen molar-refractivity contribution in [2.75, 3.05) is 0 Å². The van der Waals surface area contributed by atoms with Gasteiger partial charge < -0.3 is 16.2 Å². The third-order valence-corrected chi connectivity index (χ3v) is 4.99. The first-order valence-corrected chi connectivity index (χ1v) is 9.97. The van der Waals surface area contributed by atoms with Crippen LogP contribution in [0.1, 0.15) is 54.3 Å². The Morgan fingerprint density at radius 1 is 1.32 bits per heavy atom. The molecule has 0 bridgehead atoms. The molecule has 0 spiro atoms. The van der Waals surface area contributed by atoms with E-state index in [1.165, 1.54) is 23.0 Å². The fraction of sp³-hybridized carbons (Fsp3) is 0.381. The summed E-state index contributed by atoms with van der Waals surface area (Å²) < 4.78 is 2.56. The third kappa shape index (κ3) is 3.88. The molecule has 0 radical (unpaired) electrons. The molecule has 1 fully saturated rings. The van der Waals surface area contributed by atoms with Crippen molar-refractivity contribution in [3.63, 3.8) is 0 Å². The Morgan fingerprint density at radius 2 is 2.03 bits per heavy atom. The van der Waals surface area contributed by atoms with Crippen LogP contribution in [0.5, 0.6) is 5.88 Å². The molecule has 0 unspecified atom stereocenters. The number of carbonyl (C=O) groups is 2. The molecule has 162 valence electrons. The van der Waals surface area contributed by atoms with Crippen LogP contribution < -0.4 is 16.6 Å². The average Bonchev–Trinajstić information content (AvgIpc) is 3.38. The molecule has 0 aromatic carbocycles. The topological polar surface area (TPSA) is 145 Å². The zero-order valence-electron chi connectivity index (χ0n) is 17.5. The number of nitrogens with zero attached hydrogens (tertiary/aromatic N) is 4. The number of aromatic hydroxyl groups is 1. The molecule has 1 aliphatic rings. The van der Waals surface area contributed by atoms with Crippen LogP contribution in [-0.4, -0.2) is 42.1 Å². The Bertz CT molecular complexity index is 1260. The number of hydrogen-bond acceptors (Lipinski definition) is 6. The number of pyridine rings is 1. The van der Waals surface area contributed by atoms with Crippen LogP contribution >= 0.6 is 0 Å². The number of rotatable bonds is 5. The van der Waals surface area contributed by atoms with Gasteiger partial charge in [-0.3, -0.25) is 23.9 Å². The normalized spacial score (nSPS) is 14.0. The highest BCUT2D eigenvalue weighted by molar-refractivity contribution is 5.99. The SMILES string of the molecule is CC(C)(C)Cn1c(O)c(C(=O)NC2CC2)c(=O)n2nc(-c3cnccc3C(N)=O)cc12. The minimum absolute atomic E-state index is 0.0137. The van der Waals surface area contributed by atoms with Crippen molar-refractivity contribution in [3.05, 3.63) is 46.0 Å². The Hall–Kier alpha value is -3.69. The molecule has 1 aliphatic carbocycles. The minimum Gasteiger partial charge on any atom is -0.494 e. The lowest BCUT2D eigenvalue weighted by molar-refractivity contribution is 0.0942. The van der Waals surface area contributed by atoms with Crippen LogP contribution in [0.15, 0.2) is 29.3 Å². The van der Waals surface area contributed by atoms with Gasteiger partial charge in [0.25, 0.3) is 11.5 Å². The Balaban J connectivity index is 1.98. The molecular weight excluding hydrogens is 400 g/mol. The number of nitrogens with two attached hydrogens (primary N) is 1. The summed E-state index contributed by atoms with van der Waals surface area (Å²) in [5.41, 5.74) is 5.19. The molecule has 4 N–H and O–H groups in total. The second kappa shape index (κ2) is 7.22. The van der Waals surface area contributed by atoms with Crippen molar-refractivity contribution in [1.82, 2.24) is 24.5 Å². The van der Waals surface area contributed by atoms with Crippen molar-refractivity contribution in [2.24, 2.45) is 11.1 Å². The predicted molar refractivity (Wildman–Crippen MR) is 113 cm³/mol. The van der Waals surface area contributed by atoms with Gasteiger partial charge in [-0.05, 0) is 24.3 Å². The van der Waals surface area contributed by atoms with Crippen LogP contribution in [0.2, 0.25) is 0 Å². The van der Waals surface area contributed by atoms with Gasteiger partial charge in [0.1, 0.15) is 5.65 Å². The first-order valence-electron chi connectivity index (χ1n) is 9.97. The predicted octanol–water partition coefficient (Wildman–Crippen LogP) is 1.30. The van der Waals surface area contributed by atoms with E-state index in [9.17, 15) is 19.5 Å². The molecule has 3 aromatic heterocycles. The second-order valence-electron chi connectivity index (χ2n) is 8.98. The molecule has 4 rings (SSSR count). The van der Waals surface area contributed by atoms with E-state index in [2.05, 4.69) is 15.4 Å². The molecule has 10 heteroatoms. The largest absolute Gasteiger partial charge is 0.494 e. The lowest BCUT2D eigenvalue weighted by Crippen LogP contribution is -2.35. The van der Waals surface area contributed by atoms with Crippen molar-refractivity contribution >= 4 is 17.5 Å². The lowest BCUT2D eigenvalue weighted by atomic mass is 9.96. The smallest absolute Gasteiger partial charge is 0.291 e. The van der Waals surface area contributed by atoms with E-state index in [1.54, 1.807) is 6.07 Å². The molecule has 3 heterocycles. The van der Waals surface area contributed by atoms with Crippen LogP contribution in [0, 0.1) is 5.41 Å². The quantitative estimate of drug-likeness (QED) is 0.563. The maximum Gasteiger partial charge on any atom is 0.291 e. The van der Waals surface area contributed by atoms with Gasteiger partial charge in [0, 0.05) is 36.6 Å². The summed E-state index contributed by atoms with van der Waals surface area (Å²) in [7, 11) is 0. The maximum absolute atomic E-state index is 13.1. The minimum atomic E-state index is -0.744. The fourth-order valence-corrected chi connectivity index (χ4v) is 3.42. The van der Waals surface area contributed by atoms with Crippen molar-refractivity contribution in [2.45, 2.75) is 46.2 Å². The molecular formula is C21H24N6O4. The monoisotopic (exact) mass is 424 g/mol. The van der Waals surface area contributed by atoms with Crippen LogP contribution in [-0.2, 0) is 6.54 Å². The summed E-state index contributed by atoms with van der Waals surface area (Å²) in [6, 6.07) is 3.05. The van der Waals surface area contributed by atoms with Gasteiger partial charge in [-0.1, -0.05) is 20.8 Å². The number of amides is 2. The fourth-order valence-electron chi connectivity index (χ4n) is 3.42. The third-order valence-electron chi connectivity index (χ3n) is 4.99. The Kier molecular flexibility index (Phi) is 4.79. The Morgan fingerprint density at radius 3 is 2.65 bits per heavy atom. The molecule has 0 saturated heterocycles. The number of nitrogens with one attached hydrogen (secondary N) is 1. The van der Waals surface area contributed by atoms with Crippen LogP contribution in [0.3, 0.4) is 0 Å². The zero-order valence-corrected chi connectivity index (χ0v) is 17.5. The molecule has 1 saturated carbocycles. The summed E-state index contributed by atoms with van der Waals surface area (Å²) in [6.07, 6.45) is 4.55. The summed E-state index contributed by atoms with van der Waals surface area (Å²) in [5.74, 6) is -1.71. The van der Waals surface area contributed by atoms with Crippen molar-refractivity contribution < 1.29 is 14.7 Å². The first-order chi connectivity index (χ1) is 14.6. The van der Waals surface area contributed by atoms with Crippen molar-refractivity contribution in [1.29, 1.82) is 0 Å². The number of primary amides is 1. The molecule has 10 nitrogen and oxygen atoms in total. The van der Waals surface area contributed by atoms with Gasteiger partial charge in [0.05, 0.1) is 11.3 Å². The van der Waals surface area contributed by atoms with Crippen LogP contribution in [0.25, 0.3) is 16.9 Å². The van der Waals surface area contributed by atoms with Gasteiger partial charge >= 0.3 is 0 Å². The molecule has 0 aliphatic heterocycles. The average molecular weight is 424 g/mol.